The predicted molar refractivity (Wildman–Crippen MR) is 119 cm³/mol. The van der Waals surface area contributed by atoms with Gasteiger partial charge in [-0.15, -0.1) is 0 Å². The zero-order chi connectivity index (χ0) is 22.8. The maximum absolute atomic E-state index is 12.5. The quantitative estimate of drug-likeness (QED) is 0.679. The smallest absolute Gasteiger partial charge is 0.289 e. The second-order valence-electron chi connectivity index (χ2n) is 7.32. The standard InChI is InChI=1S/C21H23N3O5S2/c1-14(2)23(3)31(28,29)18-10-6-16(7-11-18)20(26)22-17-8-4-15(5-9-17)12-24-19(25)13-30-21(24)27/h4-11,14H,12-13H2,1-3H3,(H,22,26). The van der Waals surface area contributed by atoms with E-state index in [-0.39, 0.29) is 40.3 Å². The summed E-state index contributed by atoms with van der Waals surface area (Å²) in [5, 5.41) is 2.49. The van der Waals surface area contributed by atoms with Crippen molar-refractivity contribution in [1.82, 2.24) is 9.21 Å². The Labute approximate surface area is 185 Å². The number of hydrogen-bond donors (Lipinski definition) is 1. The van der Waals surface area contributed by atoms with E-state index in [0.717, 1.165) is 17.3 Å². The van der Waals surface area contributed by atoms with Crippen LogP contribution in [-0.4, -0.2) is 53.5 Å². The van der Waals surface area contributed by atoms with Crippen LogP contribution < -0.4 is 5.32 Å². The minimum Gasteiger partial charge on any atom is -0.322 e. The number of nitrogens with one attached hydrogen (secondary N) is 1. The van der Waals surface area contributed by atoms with Crippen molar-refractivity contribution in [3.05, 3.63) is 59.7 Å². The first kappa shape index (κ1) is 23.0. The fourth-order valence-corrected chi connectivity index (χ4v) is 4.93. The van der Waals surface area contributed by atoms with Crippen molar-refractivity contribution in [1.29, 1.82) is 0 Å². The van der Waals surface area contributed by atoms with Gasteiger partial charge < -0.3 is 5.32 Å². The van der Waals surface area contributed by atoms with Crippen LogP contribution in [-0.2, 0) is 21.4 Å². The molecule has 3 amide bonds. The van der Waals surface area contributed by atoms with Crippen molar-refractivity contribution in [3.63, 3.8) is 0 Å². The number of imide groups is 1. The minimum atomic E-state index is -3.61. The molecule has 10 heteroatoms. The van der Waals surface area contributed by atoms with Crippen molar-refractivity contribution in [3.8, 4) is 0 Å². The molecule has 0 bridgehead atoms. The largest absolute Gasteiger partial charge is 0.322 e. The number of carbonyl (C=O) groups is 3. The molecule has 1 aliphatic heterocycles. The van der Waals surface area contributed by atoms with Gasteiger partial charge in [-0.1, -0.05) is 23.9 Å². The summed E-state index contributed by atoms with van der Waals surface area (Å²) in [7, 11) is -2.10. The van der Waals surface area contributed by atoms with E-state index in [4.69, 9.17) is 0 Å². The number of amides is 3. The van der Waals surface area contributed by atoms with Gasteiger partial charge in [0.25, 0.3) is 11.1 Å². The second-order valence-corrected chi connectivity index (χ2v) is 10.2. The third-order valence-electron chi connectivity index (χ3n) is 4.91. The van der Waals surface area contributed by atoms with Crippen molar-refractivity contribution >= 4 is 44.5 Å². The zero-order valence-corrected chi connectivity index (χ0v) is 19.0. The normalized spacial score (nSPS) is 14.5. The number of thioether (sulfide) groups is 1. The molecule has 2 aromatic carbocycles. The molecule has 1 saturated heterocycles. The van der Waals surface area contributed by atoms with Crippen molar-refractivity contribution in [2.24, 2.45) is 0 Å². The molecule has 0 unspecified atom stereocenters. The molecule has 0 radical (unpaired) electrons. The molecule has 31 heavy (non-hydrogen) atoms. The van der Waals surface area contributed by atoms with E-state index in [0.29, 0.717) is 11.3 Å². The number of rotatable bonds is 7. The number of benzene rings is 2. The topological polar surface area (TPSA) is 104 Å². The number of anilines is 1. The van der Waals surface area contributed by atoms with Crippen LogP contribution >= 0.6 is 11.8 Å². The third kappa shape index (κ3) is 5.15. The average Bonchev–Trinajstić information content (AvgIpc) is 3.06. The molecule has 1 heterocycles. The zero-order valence-electron chi connectivity index (χ0n) is 17.4. The van der Waals surface area contributed by atoms with Crippen LogP contribution in [0.4, 0.5) is 10.5 Å². The molecule has 1 aliphatic rings. The molecule has 0 spiro atoms. The Hall–Kier alpha value is -2.69. The summed E-state index contributed by atoms with van der Waals surface area (Å²) in [6.45, 7) is 3.76. The van der Waals surface area contributed by atoms with Gasteiger partial charge in [-0.25, -0.2) is 8.42 Å². The maximum atomic E-state index is 12.5. The van der Waals surface area contributed by atoms with Gasteiger partial charge in [-0.3, -0.25) is 19.3 Å². The highest BCUT2D eigenvalue weighted by Gasteiger charge is 2.29. The van der Waals surface area contributed by atoms with E-state index in [2.05, 4.69) is 5.32 Å². The first-order valence-corrected chi connectivity index (χ1v) is 12.0. The van der Waals surface area contributed by atoms with E-state index >= 15 is 0 Å². The molecule has 1 N–H and O–H groups in total. The summed E-state index contributed by atoms with van der Waals surface area (Å²) in [5.41, 5.74) is 1.63. The number of carbonyl (C=O) groups excluding carboxylic acids is 3. The molecule has 3 rings (SSSR count). The summed E-state index contributed by atoms with van der Waals surface area (Å²) in [5.74, 6) is -0.423. The number of hydrogen-bond acceptors (Lipinski definition) is 6. The first-order chi connectivity index (χ1) is 14.6. The Bertz CT molecular complexity index is 1080. The van der Waals surface area contributed by atoms with Gasteiger partial charge in [0.1, 0.15) is 0 Å². The number of nitrogens with zero attached hydrogens (tertiary/aromatic N) is 2. The van der Waals surface area contributed by atoms with Gasteiger partial charge in [0.15, 0.2) is 0 Å². The Morgan fingerprint density at radius 2 is 1.71 bits per heavy atom. The lowest BCUT2D eigenvalue weighted by Gasteiger charge is -2.21. The fourth-order valence-electron chi connectivity index (χ4n) is 2.84. The molecule has 2 aromatic rings. The summed E-state index contributed by atoms with van der Waals surface area (Å²) >= 11 is 0.987. The molecular formula is C21H23N3O5S2. The van der Waals surface area contributed by atoms with Crippen LogP contribution in [0.15, 0.2) is 53.4 Å². The third-order valence-corrected chi connectivity index (χ3v) is 7.82. The van der Waals surface area contributed by atoms with Crippen molar-refractivity contribution in [2.75, 3.05) is 18.1 Å². The second kappa shape index (κ2) is 9.21. The van der Waals surface area contributed by atoms with Gasteiger partial charge in [-0.05, 0) is 55.8 Å². The van der Waals surface area contributed by atoms with Gasteiger partial charge in [-0.2, -0.15) is 4.31 Å². The van der Waals surface area contributed by atoms with Crippen molar-refractivity contribution in [2.45, 2.75) is 31.3 Å². The highest BCUT2D eigenvalue weighted by molar-refractivity contribution is 8.14. The summed E-state index contributed by atoms with van der Waals surface area (Å²) in [6.07, 6.45) is 0. The Morgan fingerprint density at radius 1 is 1.10 bits per heavy atom. The molecule has 1 fully saturated rings. The van der Waals surface area contributed by atoms with Gasteiger partial charge >= 0.3 is 0 Å². The lowest BCUT2D eigenvalue weighted by molar-refractivity contribution is -0.125. The Kier molecular flexibility index (Phi) is 6.83. The summed E-state index contributed by atoms with van der Waals surface area (Å²) < 4.78 is 26.3. The van der Waals surface area contributed by atoms with E-state index in [9.17, 15) is 22.8 Å². The lowest BCUT2D eigenvalue weighted by atomic mass is 10.1. The van der Waals surface area contributed by atoms with Gasteiger partial charge in [0.2, 0.25) is 15.9 Å². The SMILES string of the molecule is CC(C)N(C)S(=O)(=O)c1ccc(C(=O)Nc2ccc(CN3C(=O)CSC3=O)cc2)cc1. The van der Waals surface area contributed by atoms with Crippen LogP contribution in [0.5, 0.6) is 0 Å². The van der Waals surface area contributed by atoms with Crippen LogP contribution in [0.1, 0.15) is 29.8 Å². The molecular weight excluding hydrogens is 438 g/mol. The fraction of sp³-hybridized carbons (Fsp3) is 0.286. The van der Waals surface area contributed by atoms with E-state index in [1.807, 2.05) is 0 Å². The van der Waals surface area contributed by atoms with E-state index in [1.54, 1.807) is 38.1 Å². The molecule has 0 saturated carbocycles. The monoisotopic (exact) mass is 461 g/mol. The van der Waals surface area contributed by atoms with Crippen LogP contribution in [0.3, 0.4) is 0 Å². The lowest BCUT2D eigenvalue weighted by Crippen LogP contribution is -2.33. The van der Waals surface area contributed by atoms with E-state index < -0.39 is 10.0 Å². The summed E-state index contributed by atoms with van der Waals surface area (Å²) in [4.78, 5) is 37.2. The molecule has 0 atom stereocenters. The maximum Gasteiger partial charge on any atom is 0.289 e. The number of sulfonamides is 1. The minimum absolute atomic E-state index is 0.119. The van der Waals surface area contributed by atoms with Crippen LogP contribution in [0.2, 0.25) is 0 Å². The Balaban J connectivity index is 1.65. The molecule has 164 valence electrons. The molecule has 0 aromatic heterocycles. The average molecular weight is 462 g/mol. The Morgan fingerprint density at radius 3 is 2.23 bits per heavy atom. The van der Waals surface area contributed by atoms with Gasteiger partial charge in [0, 0.05) is 24.3 Å². The summed E-state index contributed by atoms with van der Waals surface area (Å²) in [6, 6.07) is 12.4. The predicted octanol–water partition coefficient (Wildman–Crippen LogP) is 3.16. The highest BCUT2D eigenvalue weighted by atomic mass is 32.2. The van der Waals surface area contributed by atoms with Crippen LogP contribution in [0, 0.1) is 0 Å². The van der Waals surface area contributed by atoms with Gasteiger partial charge in [0.05, 0.1) is 17.2 Å². The molecule has 0 aliphatic carbocycles. The highest BCUT2D eigenvalue weighted by Crippen LogP contribution is 2.22. The van der Waals surface area contributed by atoms with E-state index in [1.165, 1.54) is 40.5 Å². The molecule has 8 nitrogen and oxygen atoms in total. The van der Waals surface area contributed by atoms with Crippen LogP contribution in [0.25, 0.3) is 0 Å². The van der Waals surface area contributed by atoms with Crippen molar-refractivity contribution < 1.29 is 22.8 Å². The first-order valence-electron chi connectivity index (χ1n) is 9.55.